The van der Waals surface area contributed by atoms with Gasteiger partial charge in [-0.2, -0.15) is 0 Å². The first-order chi connectivity index (χ1) is 7.58. The molecular weight excluding hydrogens is 206 g/mol. The first-order valence-corrected chi connectivity index (χ1v) is 5.85. The van der Waals surface area contributed by atoms with Gasteiger partial charge < -0.3 is 15.5 Å². The van der Waals surface area contributed by atoms with Gasteiger partial charge in [0, 0.05) is 19.0 Å². The van der Waals surface area contributed by atoms with E-state index >= 15 is 0 Å². The van der Waals surface area contributed by atoms with Gasteiger partial charge >= 0.3 is 0 Å². The number of carbonyl (C=O) groups excluding carboxylic acids is 2. The fourth-order valence-electron chi connectivity index (χ4n) is 2.58. The smallest absolute Gasteiger partial charge is 0.223 e. The number of rotatable bonds is 2. The van der Waals surface area contributed by atoms with E-state index in [-0.39, 0.29) is 17.7 Å². The van der Waals surface area contributed by atoms with E-state index in [0.29, 0.717) is 19.0 Å². The normalized spacial score (nSPS) is 28.7. The topological polar surface area (TPSA) is 66.6 Å². The van der Waals surface area contributed by atoms with Crippen LogP contribution in [0.15, 0.2) is 0 Å². The Bertz CT molecular complexity index is 298. The zero-order valence-electron chi connectivity index (χ0n) is 9.69. The van der Waals surface area contributed by atoms with Crippen molar-refractivity contribution in [3.05, 3.63) is 0 Å². The summed E-state index contributed by atoms with van der Waals surface area (Å²) >= 11 is 0. The van der Waals surface area contributed by atoms with Gasteiger partial charge in [-0.25, -0.2) is 0 Å². The average molecular weight is 225 g/mol. The number of piperidine rings is 1. The van der Waals surface area contributed by atoms with Crippen molar-refractivity contribution in [2.75, 3.05) is 26.7 Å². The van der Waals surface area contributed by atoms with E-state index < -0.39 is 0 Å². The monoisotopic (exact) mass is 225 g/mol. The van der Waals surface area contributed by atoms with E-state index in [9.17, 15) is 9.59 Å². The lowest BCUT2D eigenvalue weighted by molar-refractivity contribution is -0.130. The second kappa shape index (κ2) is 4.41. The third-order valence-corrected chi connectivity index (χ3v) is 3.69. The van der Waals surface area contributed by atoms with Crippen molar-refractivity contribution < 1.29 is 9.59 Å². The molecule has 0 saturated carbocycles. The molecule has 2 N–H and O–H groups in total. The van der Waals surface area contributed by atoms with Crippen LogP contribution in [0.4, 0.5) is 0 Å². The van der Waals surface area contributed by atoms with Gasteiger partial charge in [0.05, 0.1) is 5.92 Å². The van der Waals surface area contributed by atoms with Crippen LogP contribution in [0.3, 0.4) is 0 Å². The highest BCUT2D eigenvalue weighted by Crippen LogP contribution is 2.24. The highest BCUT2D eigenvalue weighted by molar-refractivity contribution is 5.88. The summed E-state index contributed by atoms with van der Waals surface area (Å²) in [5.74, 6) is -0.519. The molecule has 0 aromatic carbocycles. The molecule has 0 radical (unpaired) electrons. The van der Waals surface area contributed by atoms with Gasteiger partial charge in [0.25, 0.3) is 0 Å². The van der Waals surface area contributed by atoms with Crippen LogP contribution in [0.2, 0.25) is 0 Å². The van der Waals surface area contributed by atoms with Gasteiger partial charge in [0.15, 0.2) is 0 Å². The Morgan fingerprint density at radius 2 is 2.00 bits per heavy atom. The zero-order chi connectivity index (χ0) is 11.7. The molecule has 2 saturated heterocycles. The highest BCUT2D eigenvalue weighted by Gasteiger charge is 2.37. The first kappa shape index (κ1) is 11.4. The van der Waals surface area contributed by atoms with Crippen LogP contribution in [0.25, 0.3) is 0 Å². The van der Waals surface area contributed by atoms with Crippen molar-refractivity contribution in [3.63, 3.8) is 0 Å². The number of hydrogen-bond acceptors (Lipinski definition) is 3. The van der Waals surface area contributed by atoms with Crippen molar-refractivity contribution in [3.8, 4) is 0 Å². The summed E-state index contributed by atoms with van der Waals surface area (Å²) in [6.07, 6.45) is 2.32. The molecule has 90 valence electrons. The molecule has 5 nitrogen and oxygen atoms in total. The van der Waals surface area contributed by atoms with Crippen molar-refractivity contribution in [2.24, 2.45) is 11.7 Å². The summed E-state index contributed by atoms with van der Waals surface area (Å²) in [6.45, 7) is 2.58. The van der Waals surface area contributed by atoms with Gasteiger partial charge in [-0.05, 0) is 33.0 Å². The van der Waals surface area contributed by atoms with Gasteiger partial charge in [-0.3, -0.25) is 9.59 Å². The molecular formula is C11H19N3O2. The van der Waals surface area contributed by atoms with Gasteiger partial charge in [0.2, 0.25) is 11.8 Å². The minimum Gasteiger partial charge on any atom is -0.369 e. The molecule has 0 spiro atoms. The first-order valence-electron chi connectivity index (χ1n) is 5.85. The minimum atomic E-state index is -0.344. The number of nitrogens with two attached hydrogens (primary N) is 1. The Morgan fingerprint density at radius 3 is 2.50 bits per heavy atom. The molecule has 0 bridgehead atoms. The Kier molecular flexibility index (Phi) is 3.14. The molecule has 2 fully saturated rings. The molecule has 2 aliphatic rings. The summed E-state index contributed by atoms with van der Waals surface area (Å²) in [7, 11) is 2.09. The summed E-state index contributed by atoms with van der Waals surface area (Å²) in [5.41, 5.74) is 5.25. The second-order valence-corrected chi connectivity index (χ2v) is 4.88. The maximum absolute atomic E-state index is 11.8. The average Bonchev–Trinajstić information content (AvgIpc) is 2.62. The quantitative estimate of drug-likeness (QED) is 0.683. The van der Waals surface area contributed by atoms with Gasteiger partial charge in [-0.15, -0.1) is 0 Å². The summed E-state index contributed by atoms with van der Waals surface area (Å²) in [4.78, 5) is 27.0. The molecule has 0 aliphatic carbocycles. The van der Waals surface area contributed by atoms with Crippen LogP contribution in [0.1, 0.15) is 19.3 Å². The molecule has 2 rings (SSSR count). The van der Waals surface area contributed by atoms with Crippen LogP contribution in [0, 0.1) is 5.92 Å². The fourth-order valence-corrected chi connectivity index (χ4v) is 2.58. The largest absolute Gasteiger partial charge is 0.369 e. The van der Waals surface area contributed by atoms with E-state index in [2.05, 4.69) is 11.9 Å². The second-order valence-electron chi connectivity index (χ2n) is 4.88. The van der Waals surface area contributed by atoms with Crippen molar-refractivity contribution in [2.45, 2.75) is 25.3 Å². The molecule has 2 aliphatic heterocycles. The molecule has 2 heterocycles. The lowest BCUT2D eigenvalue weighted by Gasteiger charge is -2.35. The van der Waals surface area contributed by atoms with E-state index in [1.54, 1.807) is 0 Å². The van der Waals surface area contributed by atoms with Crippen LogP contribution in [-0.2, 0) is 9.59 Å². The third-order valence-electron chi connectivity index (χ3n) is 3.69. The third kappa shape index (κ3) is 2.19. The summed E-state index contributed by atoms with van der Waals surface area (Å²) in [5, 5.41) is 0. The summed E-state index contributed by atoms with van der Waals surface area (Å²) in [6, 6.07) is 0.313. The minimum absolute atomic E-state index is 0.0957. The lowest BCUT2D eigenvalue weighted by Crippen LogP contribution is -2.44. The van der Waals surface area contributed by atoms with Gasteiger partial charge in [-0.1, -0.05) is 0 Å². The molecule has 0 aromatic rings. The molecule has 1 atom stereocenters. The van der Waals surface area contributed by atoms with E-state index in [1.165, 1.54) is 0 Å². The maximum atomic E-state index is 11.8. The zero-order valence-corrected chi connectivity index (χ0v) is 9.69. The standard InChI is InChI=1S/C11H19N3O2/c1-13-4-2-9(3-5-13)14-7-8(11(12)16)6-10(14)15/h8-9H,2-7H2,1H3,(H2,12,16). The fraction of sp³-hybridized carbons (Fsp3) is 0.818. The molecule has 1 unspecified atom stereocenters. The maximum Gasteiger partial charge on any atom is 0.223 e. The van der Waals surface area contributed by atoms with Crippen molar-refractivity contribution in [1.82, 2.24) is 9.80 Å². The number of hydrogen-bond donors (Lipinski definition) is 1. The number of likely N-dealkylation sites (tertiary alicyclic amines) is 2. The number of amides is 2. The van der Waals surface area contributed by atoms with E-state index in [1.807, 2.05) is 4.90 Å². The number of nitrogens with zero attached hydrogens (tertiary/aromatic N) is 2. The summed E-state index contributed by atoms with van der Waals surface area (Å²) < 4.78 is 0. The van der Waals surface area contributed by atoms with Gasteiger partial charge in [0.1, 0.15) is 0 Å². The van der Waals surface area contributed by atoms with E-state index in [4.69, 9.17) is 5.73 Å². The molecule has 5 heteroatoms. The van der Waals surface area contributed by atoms with Crippen LogP contribution in [0.5, 0.6) is 0 Å². The van der Waals surface area contributed by atoms with Crippen LogP contribution < -0.4 is 5.73 Å². The Morgan fingerprint density at radius 1 is 1.38 bits per heavy atom. The highest BCUT2D eigenvalue weighted by atomic mass is 16.2. The Balaban J connectivity index is 1.95. The van der Waals surface area contributed by atoms with Crippen molar-refractivity contribution in [1.29, 1.82) is 0 Å². The lowest BCUT2D eigenvalue weighted by atomic mass is 10.0. The molecule has 16 heavy (non-hydrogen) atoms. The van der Waals surface area contributed by atoms with Crippen molar-refractivity contribution >= 4 is 11.8 Å². The molecule has 2 amide bonds. The molecule has 0 aromatic heterocycles. The number of carbonyl (C=O) groups is 2. The number of primary amides is 1. The van der Waals surface area contributed by atoms with Crippen LogP contribution in [-0.4, -0.2) is 54.3 Å². The Labute approximate surface area is 95.6 Å². The predicted octanol–water partition coefficient (Wildman–Crippen LogP) is -0.586. The van der Waals surface area contributed by atoms with E-state index in [0.717, 1.165) is 25.9 Å². The predicted molar refractivity (Wildman–Crippen MR) is 59.5 cm³/mol. The van der Waals surface area contributed by atoms with Crippen LogP contribution >= 0.6 is 0 Å². The Hall–Kier alpha value is -1.10. The SMILES string of the molecule is CN1CCC(N2CC(C(N)=O)CC2=O)CC1.